The summed E-state index contributed by atoms with van der Waals surface area (Å²) in [6, 6.07) is 6.60. The highest BCUT2D eigenvalue weighted by atomic mass is 16.6. The molecule has 1 spiro atoms. The summed E-state index contributed by atoms with van der Waals surface area (Å²) in [5, 5.41) is 9.88. The van der Waals surface area contributed by atoms with Gasteiger partial charge in [-0.2, -0.15) is 0 Å². The maximum absolute atomic E-state index is 12.6. The Hall–Kier alpha value is -2.24. The molecule has 0 saturated carbocycles. The van der Waals surface area contributed by atoms with Gasteiger partial charge in [-0.1, -0.05) is 38.3 Å². The number of carbonyl (C=O) groups is 2. The molecule has 142 valence electrons. The van der Waals surface area contributed by atoms with Crippen molar-refractivity contribution < 1.29 is 19.4 Å². The van der Waals surface area contributed by atoms with Crippen LogP contribution in [0.4, 0.5) is 4.79 Å². The van der Waals surface area contributed by atoms with Crippen LogP contribution < -0.4 is 0 Å². The number of nitrogens with zero attached hydrogens (tertiary/aromatic N) is 2. The Morgan fingerprint density at radius 2 is 1.92 bits per heavy atom. The Bertz CT molecular complexity index is 653. The van der Waals surface area contributed by atoms with E-state index in [1.165, 1.54) is 18.9 Å². The van der Waals surface area contributed by atoms with E-state index in [0.29, 0.717) is 38.0 Å². The summed E-state index contributed by atoms with van der Waals surface area (Å²) < 4.78 is 5.72. The smallest absolute Gasteiger partial charge is 0.410 e. The van der Waals surface area contributed by atoms with E-state index in [2.05, 4.69) is 6.92 Å². The fraction of sp³-hybridized carbons (Fsp3) is 0.600. The second-order valence-corrected chi connectivity index (χ2v) is 7.34. The van der Waals surface area contributed by atoms with Crippen LogP contribution in [0, 0.1) is 0 Å². The van der Waals surface area contributed by atoms with Crippen LogP contribution in [0.15, 0.2) is 24.3 Å². The summed E-state index contributed by atoms with van der Waals surface area (Å²) in [6.07, 6.45) is 5.58. The quantitative estimate of drug-likeness (QED) is 0.790. The van der Waals surface area contributed by atoms with E-state index in [9.17, 15) is 14.7 Å². The normalized spacial score (nSPS) is 19.0. The highest BCUT2D eigenvalue weighted by Crippen LogP contribution is 2.34. The lowest BCUT2D eigenvalue weighted by atomic mass is 9.91. The van der Waals surface area contributed by atoms with Crippen molar-refractivity contribution in [2.24, 2.45) is 0 Å². The van der Waals surface area contributed by atoms with E-state index in [1.807, 2.05) is 4.90 Å². The first kappa shape index (κ1) is 18.5. The number of rotatable bonds is 6. The number of carbonyl (C=O) groups excluding carboxylic acids is 2. The number of hydrogen-bond donors (Lipinski definition) is 1. The molecule has 6 nitrogen and oxygen atoms in total. The Labute approximate surface area is 154 Å². The molecule has 0 aliphatic carbocycles. The predicted molar refractivity (Wildman–Crippen MR) is 98.2 cm³/mol. The second-order valence-electron chi connectivity index (χ2n) is 7.34. The first-order chi connectivity index (χ1) is 12.5. The molecular weight excluding hydrogens is 332 g/mol. The Kier molecular flexibility index (Phi) is 5.69. The van der Waals surface area contributed by atoms with Gasteiger partial charge in [0, 0.05) is 32.5 Å². The van der Waals surface area contributed by atoms with Gasteiger partial charge in [0.25, 0.3) is 5.91 Å². The molecule has 2 aliphatic heterocycles. The molecule has 6 heteroatoms. The SMILES string of the molecule is CCCCCCN1CC2(CCN(C(=O)c3ccccc3O)CC2)OC1=O. The predicted octanol–water partition coefficient (Wildman–Crippen LogP) is 3.40. The molecule has 2 fully saturated rings. The average Bonchev–Trinajstić information content (AvgIpc) is 2.94. The Morgan fingerprint density at radius 1 is 1.19 bits per heavy atom. The Morgan fingerprint density at radius 3 is 2.62 bits per heavy atom. The lowest BCUT2D eigenvalue weighted by molar-refractivity contribution is 0.00308. The number of piperidine rings is 1. The van der Waals surface area contributed by atoms with Crippen molar-refractivity contribution in [1.82, 2.24) is 9.80 Å². The number of phenolic OH excluding ortho intramolecular Hbond substituents is 1. The fourth-order valence-electron chi connectivity index (χ4n) is 3.80. The van der Waals surface area contributed by atoms with Crippen molar-refractivity contribution in [3.63, 3.8) is 0 Å². The van der Waals surface area contributed by atoms with E-state index in [4.69, 9.17) is 4.74 Å². The first-order valence-corrected chi connectivity index (χ1v) is 9.60. The summed E-state index contributed by atoms with van der Waals surface area (Å²) >= 11 is 0. The van der Waals surface area contributed by atoms with Crippen LogP contribution in [0.25, 0.3) is 0 Å². The molecule has 0 bridgehead atoms. The highest BCUT2D eigenvalue weighted by Gasteiger charge is 2.47. The minimum Gasteiger partial charge on any atom is -0.507 e. The van der Waals surface area contributed by atoms with Gasteiger partial charge in [0.05, 0.1) is 12.1 Å². The maximum Gasteiger partial charge on any atom is 0.410 e. The van der Waals surface area contributed by atoms with Crippen LogP contribution in [0.3, 0.4) is 0 Å². The lowest BCUT2D eigenvalue weighted by Crippen LogP contribution is -2.48. The van der Waals surface area contributed by atoms with Gasteiger partial charge in [0.15, 0.2) is 0 Å². The van der Waals surface area contributed by atoms with E-state index in [1.54, 1.807) is 23.1 Å². The third-order valence-corrected chi connectivity index (χ3v) is 5.42. The van der Waals surface area contributed by atoms with Crippen LogP contribution in [0.5, 0.6) is 5.75 Å². The number of benzene rings is 1. The summed E-state index contributed by atoms with van der Waals surface area (Å²) in [7, 11) is 0. The monoisotopic (exact) mass is 360 g/mol. The van der Waals surface area contributed by atoms with E-state index in [-0.39, 0.29) is 17.7 Å². The molecule has 0 atom stereocenters. The summed E-state index contributed by atoms with van der Waals surface area (Å²) in [5.41, 5.74) is -0.137. The van der Waals surface area contributed by atoms with Crippen LogP contribution in [0.1, 0.15) is 55.8 Å². The average molecular weight is 360 g/mol. The highest BCUT2D eigenvalue weighted by molar-refractivity contribution is 5.96. The molecule has 0 radical (unpaired) electrons. The third kappa shape index (κ3) is 3.94. The van der Waals surface area contributed by atoms with Crippen LogP contribution in [-0.2, 0) is 4.74 Å². The fourth-order valence-corrected chi connectivity index (χ4v) is 3.80. The van der Waals surface area contributed by atoms with E-state index >= 15 is 0 Å². The number of ether oxygens (including phenoxy) is 1. The van der Waals surface area contributed by atoms with Gasteiger partial charge in [-0.25, -0.2) is 4.79 Å². The molecule has 1 aromatic rings. The standard InChI is InChI=1S/C20H28N2O4/c1-2-3-4-7-12-22-15-20(26-19(22)25)10-13-21(14-11-20)18(24)16-8-5-6-9-17(16)23/h5-6,8-9,23H,2-4,7,10-15H2,1H3. The van der Waals surface area contributed by atoms with Crippen molar-refractivity contribution in [1.29, 1.82) is 0 Å². The second kappa shape index (κ2) is 7.98. The van der Waals surface area contributed by atoms with Crippen molar-refractivity contribution >= 4 is 12.0 Å². The molecular formula is C20H28N2O4. The zero-order chi connectivity index (χ0) is 18.6. The largest absolute Gasteiger partial charge is 0.507 e. The lowest BCUT2D eigenvalue weighted by Gasteiger charge is -2.37. The molecule has 0 unspecified atom stereocenters. The maximum atomic E-state index is 12.6. The van der Waals surface area contributed by atoms with Gasteiger partial charge in [-0.05, 0) is 18.6 Å². The minimum absolute atomic E-state index is 0.00309. The Balaban J connectivity index is 1.54. The molecule has 1 N–H and O–H groups in total. The molecule has 2 aliphatic rings. The number of likely N-dealkylation sites (tertiary alicyclic amines) is 1. The molecule has 3 rings (SSSR count). The zero-order valence-electron chi connectivity index (χ0n) is 15.4. The first-order valence-electron chi connectivity index (χ1n) is 9.60. The molecule has 0 aromatic heterocycles. The minimum atomic E-state index is -0.461. The van der Waals surface area contributed by atoms with Crippen molar-refractivity contribution in [2.75, 3.05) is 26.2 Å². The summed E-state index contributed by atoms with van der Waals surface area (Å²) in [6.45, 7) is 4.61. The summed E-state index contributed by atoms with van der Waals surface area (Å²) in [5.74, 6) is -0.165. The van der Waals surface area contributed by atoms with Crippen molar-refractivity contribution in [3.8, 4) is 5.75 Å². The third-order valence-electron chi connectivity index (χ3n) is 5.42. The number of phenols is 1. The number of amides is 2. The van der Waals surface area contributed by atoms with Gasteiger partial charge in [-0.15, -0.1) is 0 Å². The molecule has 2 saturated heterocycles. The molecule has 2 amide bonds. The van der Waals surface area contributed by atoms with Crippen molar-refractivity contribution in [2.45, 2.75) is 51.0 Å². The van der Waals surface area contributed by atoms with Crippen molar-refractivity contribution in [3.05, 3.63) is 29.8 Å². The van der Waals surface area contributed by atoms with Crippen LogP contribution in [0.2, 0.25) is 0 Å². The number of para-hydroxylation sites is 1. The number of hydrogen-bond acceptors (Lipinski definition) is 4. The number of aromatic hydroxyl groups is 1. The zero-order valence-corrected chi connectivity index (χ0v) is 15.4. The van der Waals surface area contributed by atoms with Crippen LogP contribution >= 0.6 is 0 Å². The van der Waals surface area contributed by atoms with E-state index in [0.717, 1.165) is 19.4 Å². The van der Waals surface area contributed by atoms with Gasteiger partial charge >= 0.3 is 6.09 Å². The number of unbranched alkanes of at least 4 members (excludes halogenated alkanes) is 3. The summed E-state index contributed by atoms with van der Waals surface area (Å²) in [4.78, 5) is 28.3. The van der Waals surface area contributed by atoms with E-state index < -0.39 is 5.60 Å². The van der Waals surface area contributed by atoms with Gasteiger partial charge in [0.2, 0.25) is 0 Å². The van der Waals surface area contributed by atoms with Gasteiger partial charge < -0.3 is 19.6 Å². The molecule has 26 heavy (non-hydrogen) atoms. The van der Waals surface area contributed by atoms with Crippen LogP contribution in [-0.4, -0.2) is 58.7 Å². The molecule has 1 aromatic carbocycles. The molecule has 2 heterocycles. The van der Waals surface area contributed by atoms with Gasteiger partial charge in [0.1, 0.15) is 11.4 Å². The topological polar surface area (TPSA) is 70.1 Å². The van der Waals surface area contributed by atoms with Gasteiger partial charge in [-0.3, -0.25) is 4.79 Å².